The SMILES string of the molecule is COc1ccc(C(=O)O)c(NC(=O)N2CCSC(C)C2)c1. The van der Waals surface area contributed by atoms with Crippen LogP contribution in [0.5, 0.6) is 5.75 Å². The number of methoxy groups -OCH3 is 1. The van der Waals surface area contributed by atoms with Crippen molar-refractivity contribution in [3.63, 3.8) is 0 Å². The molecule has 1 fully saturated rings. The lowest BCUT2D eigenvalue weighted by Crippen LogP contribution is -2.43. The molecule has 2 N–H and O–H groups in total. The number of amides is 2. The van der Waals surface area contributed by atoms with Crippen molar-refractivity contribution in [3.8, 4) is 5.75 Å². The van der Waals surface area contributed by atoms with Crippen molar-refractivity contribution < 1.29 is 19.4 Å². The maximum absolute atomic E-state index is 12.3. The van der Waals surface area contributed by atoms with Crippen molar-refractivity contribution in [2.24, 2.45) is 0 Å². The number of anilines is 1. The molecule has 1 aliphatic rings. The second-order valence-electron chi connectivity index (χ2n) is 4.77. The van der Waals surface area contributed by atoms with Gasteiger partial charge in [0, 0.05) is 30.2 Å². The fourth-order valence-electron chi connectivity index (χ4n) is 2.14. The number of thioether (sulfide) groups is 1. The van der Waals surface area contributed by atoms with Crippen molar-refractivity contribution in [2.75, 3.05) is 31.3 Å². The molecule has 1 unspecified atom stereocenters. The minimum atomic E-state index is -1.09. The number of benzene rings is 1. The van der Waals surface area contributed by atoms with Gasteiger partial charge in [-0.2, -0.15) is 11.8 Å². The zero-order valence-corrected chi connectivity index (χ0v) is 12.8. The Kier molecular flexibility index (Phi) is 4.95. The highest BCUT2D eigenvalue weighted by molar-refractivity contribution is 7.99. The first-order valence-corrected chi connectivity index (χ1v) is 7.65. The molecule has 0 bridgehead atoms. The van der Waals surface area contributed by atoms with Gasteiger partial charge in [-0.3, -0.25) is 0 Å². The van der Waals surface area contributed by atoms with Gasteiger partial charge in [-0.25, -0.2) is 9.59 Å². The van der Waals surface area contributed by atoms with Crippen LogP contribution in [0.25, 0.3) is 0 Å². The van der Waals surface area contributed by atoms with Gasteiger partial charge in [0.05, 0.1) is 18.4 Å². The van der Waals surface area contributed by atoms with E-state index in [1.807, 2.05) is 11.8 Å². The molecule has 6 nitrogen and oxygen atoms in total. The van der Waals surface area contributed by atoms with Crippen LogP contribution in [0.1, 0.15) is 17.3 Å². The lowest BCUT2D eigenvalue weighted by Gasteiger charge is -2.30. The molecular formula is C14H18N2O4S. The second-order valence-corrected chi connectivity index (χ2v) is 6.32. The molecule has 21 heavy (non-hydrogen) atoms. The van der Waals surface area contributed by atoms with E-state index in [4.69, 9.17) is 4.74 Å². The number of hydrogen-bond donors (Lipinski definition) is 2. The number of carboxylic acids is 1. The van der Waals surface area contributed by atoms with Crippen molar-refractivity contribution >= 4 is 29.4 Å². The van der Waals surface area contributed by atoms with Crippen LogP contribution in [-0.2, 0) is 0 Å². The second kappa shape index (κ2) is 6.71. The molecule has 0 radical (unpaired) electrons. The summed E-state index contributed by atoms with van der Waals surface area (Å²) in [7, 11) is 1.49. The molecule has 0 aliphatic carbocycles. The van der Waals surface area contributed by atoms with Gasteiger partial charge in [0.15, 0.2) is 0 Å². The molecule has 7 heteroatoms. The molecule has 1 heterocycles. The number of carbonyl (C=O) groups is 2. The first-order chi connectivity index (χ1) is 10.0. The van der Waals surface area contributed by atoms with Crippen LogP contribution >= 0.6 is 11.8 Å². The van der Waals surface area contributed by atoms with Gasteiger partial charge in [-0.1, -0.05) is 6.92 Å². The number of urea groups is 1. The van der Waals surface area contributed by atoms with Crippen LogP contribution in [0, 0.1) is 0 Å². The molecule has 0 saturated carbocycles. The molecule has 2 amide bonds. The Hall–Kier alpha value is -1.89. The molecule has 1 atom stereocenters. The Bertz CT molecular complexity index is 550. The minimum Gasteiger partial charge on any atom is -0.497 e. The van der Waals surface area contributed by atoms with Gasteiger partial charge in [0.1, 0.15) is 5.75 Å². The molecule has 1 aliphatic heterocycles. The standard InChI is InChI=1S/C14H18N2O4S/c1-9-8-16(5-6-21-9)14(19)15-12-7-10(20-2)3-4-11(12)13(17)18/h3-4,7,9H,5-6,8H2,1-2H3,(H,15,19)(H,17,18). The van der Waals surface area contributed by atoms with E-state index < -0.39 is 5.97 Å². The fourth-order valence-corrected chi connectivity index (χ4v) is 3.15. The van der Waals surface area contributed by atoms with E-state index in [-0.39, 0.29) is 17.3 Å². The fraction of sp³-hybridized carbons (Fsp3) is 0.429. The summed E-state index contributed by atoms with van der Waals surface area (Å²) in [5.41, 5.74) is 0.293. The van der Waals surface area contributed by atoms with Crippen LogP contribution in [0.3, 0.4) is 0 Å². The molecular weight excluding hydrogens is 292 g/mol. The van der Waals surface area contributed by atoms with Gasteiger partial charge < -0.3 is 20.1 Å². The van der Waals surface area contributed by atoms with Crippen molar-refractivity contribution in [3.05, 3.63) is 23.8 Å². The highest BCUT2D eigenvalue weighted by Gasteiger charge is 2.22. The third-order valence-electron chi connectivity index (χ3n) is 3.23. The summed E-state index contributed by atoms with van der Waals surface area (Å²) in [6, 6.07) is 4.21. The van der Waals surface area contributed by atoms with E-state index >= 15 is 0 Å². The molecule has 1 aromatic carbocycles. The maximum atomic E-state index is 12.3. The lowest BCUT2D eigenvalue weighted by molar-refractivity contribution is 0.0698. The van der Waals surface area contributed by atoms with Crippen molar-refractivity contribution in [2.45, 2.75) is 12.2 Å². The van der Waals surface area contributed by atoms with E-state index in [9.17, 15) is 14.7 Å². The van der Waals surface area contributed by atoms with Crippen LogP contribution < -0.4 is 10.1 Å². The summed E-state index contributed by atoms with van der Waals surface area (Å²) in [5, 5.41) is 12.2. The molecule has 0 aromatic heterocycles. The number of rotatable bonds is 3. The smallest absolute Gasteiger partial charge is 0.337 e. The van der Waals surface area contributed by atoms with Crippen LogP contribution in [0.15, 0.2) is 18.2 Å². The van der Waals surface area contributed by atoms with Gasteiger partial charge in [-0.15, -0.1) is 0 Å². The number of hydrogen-bond acceptors (Lipinski definition) is 4. The summed E-state index contributed by atoms with van der Waals surface area (Å²) in [6.45, 7) is 3.38. The predicted molar refractivity (Wildman–Crippen MR) is 82.5 cm³/mol. The van der Waals surface area contributed by atoms with E-state index in [1.54, 1.807) is 11.0 Å². The van der Waals surface area contributed by atoms with E-state index in [0.717, 1.165) is 5.75 Å². The van der Waals surface area contributed by atoms with E-state index in [2.05, 4.69) is 12.2 Å². The Morgan fingerprint density at radius 1 is 1.48 bits per heavy atom. The van der Waals surface area contributed by atoms with Gasteiger partial charge >= 0.3 is 12.0 Å². The first-order valence-electron chi connectivity index (χ1n) is 6.60. The van der Waals surface area contributed by atoms with Crippen molar-refractivity contribution in [1.29, 1.82) is 0 Å². The molecule has 1 aromatic rings. The Morgan fingerprint density at radius 2 is 2.24 bits per heavy atom. The Balaban J connectivity index is 2.17. The minimum absolute atomic E-state index is 0.0450. The third-order valence-corrected chi connectivity index (χ3v) is 4.36. The number of nitrogens with zero attached hydrogens (tertiary/aromatic N) is 1. The summed E-state index contributed by atoms with van der Waals surface area (Å²) in [6.07, 6.45) is 0. The number of carboxylic acid groups (broad SMARTS) is 1. The Morgan fingerprint density at radius 3 is 2.86 bits per heavy atom. The van der Waals surface area contributed by atoms with Gasteiger partial charge in [0.25, 0.3) is 0 Å². The number of ether oxygens (including phenoxy) is 1. The summed E-state index contributed by atoms with van der Waals surface area (Å²) >= 11 is 1.82. The monoisotopic (exact) mass is 310 g/mol. The Labute approximate surface area is 127 Å². The molecule has 0 spiro atoms. The summed E-state index contributed by atoms with van der Waals surface area (Å²) in [5.74, 6) is 0.298. The molecule has 114 valence electrons. The quantitative estimate of drug-likeness (QED) is 0.896. The highest BCUT2D eigenvalue weighted by Crippen LogP contribution is 2.24. The van der Waals surface area contributed by atoms with Crippen LogP contribution in [-0.4, -0.2) is 53.2 Å². The van der Waals surface area contributed by atoms with Gasteiger partial charge in [-0.05, 0) is 12.1 Å². The van der Waals surface area contributed by atoms with Crippen molar-refractivity contribution in [1.82, 2.24) is 4.90 Å². The number of carbonyl (C=O) groups excluding carboxylic acids is 1. The number of aromatic carboxylic acids is 1. The zero-order valence-electron chi connectivity index (χ0n) is 12.0. The third kappa shape index (κ3) is 3.81. The summed E-state index contributed by atoms with van der Waals surface area (Å²) < 4.78 is 5.07. The average molecular weight is 310 g/mol. The predicted octanol–water partition coefficient (Wildman–Crippen LogP) is 2.36. The molecule has 2 rings (SSSR count). The normalized spacial score (nSPS) is 18.2. The molecule has 1 saturated heterocycles. The number of nitrogens with one attached hydrogen (secondary N) is 1. The summed E-state index contributed by atoms with van der Waals surface area (Å²) in [4.78, 5) is 25.2. The van der Waals surface area contributed by atoms with E-state index in [1.165, 1.54) is 19.2 Å². The van der Waals surface area contributed by atoms with Gasteiger partial charge in [0.2, 0.25) is 0 Å². The first kappa shape index (κ1) is 15.5. The zero-order chi connectivity index (χ0) is 15.4. The highest BCUT2D eigenvalue weighted by atomic mass is 32.2. The largest absolute Gasteiger partial charge is 0.497 e. The van der Waals surface area contributed by atoms with Crippen LogP contribution in [0.2, 0.25) is 0 Å². The topological polar surface area (TPSA) is 78.9 Å². The lowest BCUT2D eigenvalue weighted by atomic mass is 10.1. The van der Waals surface area contributed by atoms with Crippen LogP contribution in [0.4, 0.5) is 10.5 Å². The maximum Gasteiger partial charge on any atom is 0.337 e. The average Bonchev–Trinajstić information content (AvgIpc) is 2.46. The van der Waals surface area contributed by atoms with E-state index in [0.29, 0.717) is 24.1 Å².